The molecule has 0 bridgehead atoms. The molecule has 2 fully saturated rings. The van der Waals surface area contributed by atoms with Gasteiger partial charge in [-0.3, -0.25) is 0 Å². The predicted octanol–water partition coefficient (Wildman–Crippen LogP) is 2.20. The fourth-order valence-corrected chi connectivity index (χ4v) is 2.29. The largest absolute Gasteiger partial charge is 0.496 e. The van der Waals surface area contributed by atoms with Crippen molar-refractivity contribution < 1.29 is 9.31 Å². The molecule has 1 aromatic heterocycles. The van der Waals surface area contributed by atoms with Gasteiger partial charge in [-0.25, -0.2) is 0 Å². The maximum atomic E-state index is 6.05. The van der Waals surface area contributed by atoms with Crippen LogP contribution in [0.3, 0.4) is 0 Å². The van der Waals surface area contributed by atoms with Gasteiger partial charge in [0.2, 0.25) is 0 Å². The molecule has 1 aliphatic heterocycles. The highest BCUT2D eigenvalue weighted by Gasteiger charge is 2.51. The third-order valence-electron chi connectivity index (χ3n) is 4.46. The first-order valence-corrected chi connectivity index (χ1v) is 6.89. The van der Waals surface area contributed by atoms with E-state index < -0.39 is 0 Å². The molecule has 0 amide bonds. The van der Waals surface area contributed by atoms with E-state index in [9.17, 15) is 0 Å². The normalized spacial score (nSPS) is 25.7. The van der Waals surface area contributed by atoms with Gasteiger partial charge in [-0.15, -0.1) is 0 Å². The van der Waals surface area contributed by atoms with Crippen LogP contribution in [0.15, 0.2) is 18.5 Å². The zero-order valence-electron chi connectivity index (χ0n) is 11.8. The van der Waals surface area contributed by atoms with Crippen molar-refractivity contribution in [3.8, 4) is 0 Å². The van der Waals surface area contributed by atoms with E-state index in [-0.39, 0.29) is 18.3 Å². The first kappa shape index (κ1) is 12.3. The molecule has 2 heterocycles. The van der Waals surface area contributed by atoms with Gasteiger partial charge in [-0.2, -0.15) is 0 Å². The summed E-state index contributed by atoms with van der Waals surface area (Å²) in [5, 5.41) is 0. The molecular weight excluding hydrogens is 225 g/mol. The van der Waals surface area contributed by atoms with E-state index in [0.717, 1.165) is 17.9 Å². The highest BCUT2D eigenvalue weighted by atomic mass is 16.7. The second kappa shape index (κ2) is 3.88. The Morgan fingerprint density at radius 1 is 1.22 bits per heavy atom. The molecule has 0 radical (unpaired) electrons. The van der Waals surface area contributed by atoms with Crippen molar-refractivity contribution in [1.29, 1.82) is 0 Å². The van der Waals surface area contributed by atoms with Crippen molar-refractivity contribution in [3.05, 3.63) is 18.5 Å². The van der Waals surface area contributed by atoms with Crippen molar-refractivity contribution in [2.75, 3.05) is 0 Å². The van der Waals surface area contributed by atoms with E-state index in [2.05, 4.69) is 50.7 Å². The molecule has 2 aliphatic rings. The molecule has 3 nitrogen and oxygen atoms in total. The standard InChI is InChI=1S/C14H22BNO2/c1-13(2)14(3,4)18-15(17-13)12-7-8-16(10-12)9-11-5-6-11/h7-8,10-11H,5-6,9H2,1-4H3. The maximum absolute atomic E-state index is 6.05. The Kier molecular flexibility index (Phi) is 2.65. The molecule has 1 aromatic rings. The van der Waals surface area contributed by atoms with Gasteiger partial charge >= 0.3 is 7.12 Å². The fourth-order valence-electron chi connectivity index (χ4n) is 2.29. The lowest BCUT2D eigenvalue weighted by Crippen LogP contribution is -2.41. The Hall–Kier alpha value is -0.735. The number of hydrogen-bond donors (Lipinski definition) is 0. The van der Waals surface area contributed by atoms with Gasteiger partial charge in [-0.1, -0.05) is 0 Å². The first-order valence-electron chi connectivity index (χ1n) is 6.89. The average Bonchev–Trinajstić information content (AvgIpc) is 2.86. The summed E-state index contributed by atoms with van der Waals surface area (Å²) in [7, 11) is -0.226. The molecule has 98 valence electrons. The Balaban J connectivity index is 1.73. The van der Waals surface area contributed by atoms with Crippen molar-refractivity contribution in [1.82, 2.24) is 4.57 Å². The number of rotatable bonds is 3. The minimum atomic E-state index is -0.254. The van der Waals surface area contributed by atoms with E-state index >= 15 is 0 Å². The van der Waals surface area contributed by atoms with Gasteiger partial charge in [0.25, 0.3) is 0 Å². The van der Waals surface area contributed by atoms with Crippen LogP contribution in [-0.2, 0) is 15.9 Å². The maximum Gasteiger partial charge on any atom is 0.496 e. The third-order valence-corrected chi connectivity index (χ3v) is 4.46. The number of nitrogens with zero attached hydrogens (tertiary/aromatic N) is 1. The van der Waals surface area contributed by atoms with Gasteiger partial charge in [0.05, 0.1) is 11.2 Å². The van der Waals surface area contributed by atoms with Crippen LogP contribution >= 0.6 is 0 Å². The van der Waals surface area contributed by atoms with Crippen LogP contribution in [-0.4, -0.2) is 22.9 Å². The summed E-state index contributed by atoms with van der Waals surface area (Å²) in [5.74, 6) is 0.892. The molecule has 1 saturated carbocycles. The smallest absolute Gasteiger partial charge is 0.399 e. The minimum absolute atomic E-state index is 0.226. The van der Waals surface area contributed by atoms with Crippen LogP contribution in [0.5, 0.6) is 0 Å². The lowest BCUT2D eigenvalue weighted by atomic mass is 9.81. The van der Waals surface area contributed by atoms with Crippen LogP contribution < -0.4 is 5.46 Å². The lowest BCUT2D eigenvalue weighted by molar-refractivity contribution is 0.00578. The second-order valence-corrected chi connectivity index (χ2v) is 6.67. The molecular formula is C14H22BNO2. The highest BCUT2D eigenvalue weighted by molar-refractivity contribution is 6.62. The minimum Gasteiger partial charge on any atom is -0.399 e. The molecule has 18 heavy (non-hydrogen) atoms. The van der Waals surface area contributed by atoms with Crippen LogP contribution in [0, 0.1) is 5.92 Å². The van der Waals surface area contributed by atoms with Gasteiger partial charge in [0.1, 0.15) is 0 Å². The SMILES string of the molecule is CC1(C)OB(c2ccn(CC3CC3)c2)OC1(C)C. The molecule has 3 rings (SSSR count). The van der Waals surface area contributed by atoms with E-state index in [1.54, 1.807) is 0 Å². The summed E-state index contributed by atoms with van der Waals surface area (Å²) >= 11 is 0. The van der Waals surface area contributed by atoms with E-state index in [0.29, 0.717) is 0 Å². The third kappa shape index (κ3) is 2.12. The van der Waals surface area contributed by atoms with E-state index in [4.69, 9.17) is 9.31 Å². The molecule has 0 spiro atoms. The zero-order valence-corrected chi connectivity index (χ0v) is 11.8. The summed E-state index contributed by atoms with van der Waals surface area (Å²) < 4.78 is 14.4. The summed E-state index contributed by atoms with van der Waals surface area (Å²) in [6, 6.07) is 2.12. The molecule has 1 aliphatic carbocycles. The van der Waals surface area contributed by atoms with Crippen LogP contribution in [0.4, 0.5) is 0 Å². The number of hydrogen-bond acceptors (Lipinski definition) is 2. The topological polar surface area (TPSA) is 23.4 Å². The lowest BCUT2D eigenvalue weighted by Gasteiger charge is -2.32. The van der Waals surface area contributed by atoms with E-state index in [1.807, 2.05) is 0 Å². The quantitative estimate of drug-likeness (QED) is 0.764. The van der Waals surface area contributed by atoms with E-state index in [1.165, 1.54) is 12.8 Å². The molecule has 4 heteroatoms. The monoisotopic (exact) mass is 247 g/mol. The summed E-state index contributed by atoms with van der Waals surface area (Å²) in [5.41, 5.74) is 0.626. The van der Waals surface area contributed by atoms with Crippen molar-refractivity contribution in [2.45, 2.75) is 58.3 Å². The van der Waals surface area contributed by atoms with Gasteiger partial charge in [0.15, 0.2) is 0 Å². The van der Waals surface area contributed by atoms with Gasteiger partial charge in [0, 0.05) is 24.4 Å². The highest BCUT2D eigenvalue weighted by Crippen LogP contribution is 2.36. The number of aromatic nitrogens is 1. The second-order valence-electron chi connectivity index (χ2n) is 6.67. The molecule has 1 saturated heterocycles. The summed E-state index contributed by atoms with van der Waals surface area (Å²) in [6.45, 7) is 9.50. The van der Waals surface area contributed by atoms with Crippen molar-refractivity contribution in [3.63, 3.8) is 0 Å². The van der Waals surface area contributed by atoms with Crippen LogP contribution in [0.25, 0.3) is 0 Å². The Bertz CT molecular complexity index is 432. The molecule has 0 aromatic carbocycles. The fraction of sp³-hybridized carbons (Fsp3) is 0.714. The van der Waals surface area contributed by atoms with Crippen molar-refractivity contribution >= 4 is 12.6 Å². The Morgan fingerprint density at radius 3 is 2.39 bits per heavy atom. The van der Waals surface area contributed by atoms with Gasteiger partial charge < -0.3 is 13.9 Å². The zero-order chi connectivity index (χ0) is 13.0. The Morgan fingerprint density at radius 2 is 1.83 bits per heavy atom. The van der Waals surface area contributed by atoms with Crippen molar-refractivity contribution in [2.24, 2.45) is 5.92 Å². The Labute approximate surface area is 110 Å². The molecule has 0 atom stereocenters. The molecule has 0 unspecified atom stereocenters. The van der Waals surface area contributed by atoms with Gasteiger partial charge in [-0.05, 0) is 52.5 Å². The predicted molar refractivity (Wildman–Crippen MR) is 72.9 cm³/mol. The average molecular weight is 247 g/mol. The van der Waals surface area contributed by atoms with Crippen LogP contribution in [0.1, 0.15) is 40.5 Å². The molecule has 0 N–H and O–H groups in total. The van der Waals surface area contributed by atoms with Crippen LogP contribution in [0.2, 0.25) is 0 Å². The summed E-state index contributed by atoms with van der Waals surface area (Å²) in [4.78, 5) is 0. The summed E-state index contributed by atoms with van der Waals surface area (Å²) in [6.07, 6.45) is 7.06. The first-order chi connectivity index (χ1) is 8.37.